The number of terminal acetylenes is 1. The minimum absolute atomic E-state index is 0.0261. The largest absolute Gasteiger partial charge is 0.491 e. The Balaban J connectivity index is 0.000000303. The number of aromatic nitrogens is 3. The number of thioether (sulfide) groups is 2. The number of nitrogens with zero attached hydrogens (tertiary/aromatic N) is 10. The van der Waals surface area contributed by atoms with Crippen LogP contribution in [0.2, 0.25) is 0 Å². The van der Waals surface area contributed by atoms with Gasteiger partial charge < -0.3 is 40.1 Å². The normalized spacial score (nSPS) is 13.6. The third kappa shape index (κ3) is 33.5. The number of hydrogen-bond donors (Lipinski definition) is 4. The van der Waals surface area contributed by atoms with Gasteiger partial charge in [-0.05, 0) is 159 Å². The number of esters is 1. The van der Waals surface area contributed by atoms with Crippen LogP contribution in [0, 0.1) is 12.3 Å². The number of nitrogens with one attached hydrogen (secondary N) is 2. The molecule has 3 heterocycles. The van der Waals surface area contributed by atoms with Crippen molar-refractivity contribution < 1.29 is 53.2 Å². The number of carboxylic acids is 2. The number of amides is 4. The van der Waals surface area contributed by atoms with Gasteiger partial charge in [0.05, 0.1) is 25.1 Å². The van der Waals surface area contributed by atoms with Gasteiger partial charge in [0.15, 0.2) is 0 Å². The Bertz CT molecular complexity index is 3360. The highest BCUT2D eigenvalue weighted by Gasteiger charge is 2.28. The number of carbonyl (C=O) groups is 7. The van der Waals surface area contributed by atoms with E-state index in [-0.39, 0.29) is 43.0 Å². The van der Waals surface area contributed by atoms with Crippen LogP contribution in [0.3, 0.4) is 0 Å². The van der Waals surface area contributed by atoms with Crippen LogP contribution in [0.5, 0.6) is 11.5 Å². The Morgan fingerprint density at radius 2 is 1.24 bits per heavy atom. The minimum Gasteiger partial charge on any atom is -0.491 e. The molecule has 4 amide bonds. The zero-order valence-electron chi connectivity index (χ0n) is 59.6. The van der Waals surface area contributed by atoms with Crippen LogP contribution in [-0.4, -0.2) is 200 Å². The SMILES string of the molecule is C#CCCCC(=O)NCCN(CCSCCC(=O)O)C(=O)CC.CCCN(CCc1cccs1)C1CCc2c(cccc2OCCn2cc(CCCC(=O)NCCN(CCSCCC(=O)O)C(=O)CC)nn2)C1.CCCN(CCc1cccs1)C1CCc2cccc(OC(=O)CN=[N+]=[N-])c2C1. The first-order chi connectivity index (χ1) is 49.1. The number of ether oxygens (including phenoxy) is 2. The third-order valence-electron chi connectivity index (χ3n) is 17.2. The molecule has 0 spiro atoms. The molecule has 5 aromatic rings. The summed E-state index contributed by atoms with van der Waals surface area (Å²) in [4.78, 5) is 95.3. The Morgan fingerprint density at radius 3 is 1.78 bits per heavy atom. The lowest BCUT2D eigenvalue weighted by Crippen LogP contribution is -2.41. The van der Waals surface area contributed by atoms with Crippen molar-refractivity contribution in [2.75, 3.05) is 102 Å². The van der Waals surface area contributed by atoms with Crippen molar-refractivity contribution in [1.29, 1.82) is 0 Å². The second kappa shape index (κ2) is 50.0. The highest BCUT2D eigenvalue weighted by Crippen LogP contribution is 2.34. The lowest BCUT2D eigenvalue weighted by Gasteiger charge is -2.35. The van der Waals surface area contributed by atoms with Gasteiger partial charge in [0.2, 0.25) is 23.6 Å². The van der Waals surface area contributed by atoms with Crippen LogP contribution in [0.15, 0.2) is 82.7 Å². The van der Waals surface area contributed by atoms with Crippen LogP contribution in [0.1, 0.15) is 149 Å². The molecule has 0 saturated carbocycles. The van der Waals surface area contributed by atoms with Crippen LogP contribution in [0.4, 0.5) is 0 Å². The summed E-state index contributed by atoms with van der Waals surface area (Å²) in [7, 11) is 0. The molecule has 2 aliphatic rings. The summed E-state index contributed by atoms with van der Waals surface area (Å²) >= 11 is 6.69. The first-order valence-electron chi connectivity index (χ1n) is 35.7. The second-order valence-corrected chi connectivity index (χ2v) is 29.1. The maximum Gasteiger partial charge on any atom is 0.317 e. The van der Waals surface area contributed by atoms with Crippen molar-refractivity contribution in [2.45, 2.75) is 175 Å². The predicted molar refractivity (Wildman–Crippen MR) is 404 cm³/mol. The van der Waals surface area contributed by atoms with E-state index in [2.05, 4.69) is 120 Å². The molecule has 0 bridgehead atoms. The maximum absolute atomic E-state index is 12.4. The zero-order chi connectivity index (χ0) is 72.8. The van der Waals surface area contributed by atoms with E-state index in [1.807, 2.05) is 47.9 Å². The van der Waals surface area contributed by atoms with E-state index in [0.29, 0.717) is 145 Å². The molecule has 23 nitrogen and oxygen atoms in total. The monoisotopic (exact) mass is 1470 g/mol. The molecule has 101 heavy (non-hydrogen) atoms. The van der Waals surface area contributed by atoms with Crippen LogP contribution in [-0.2, 0) is 85.1 Å². The van der Waals surface area contributed by atoms with Crippen LogP contribution < -0.4 is 20.1 Å². The Morgan fingerprint density at radius 1 is 0.673 bits per heavy atom. The maximum atomic E-state index is 12.4. The molecule has 0 aliphatic heterocycles. The van der Waals surface area contributed by atoms with Gasteiger partial charge in [-0.1, -0.05) is 74.4 Å². The van der Waals surface area contributed by atoms with Crippen molar-refractivity contribution in [3.8, 4) is 23.8 Å². The average Bonchev–Trinajstić information content (AvgIpc) is 1.56. The predicted octanol–water partition coefficient (Wildman–Crippen LogP) is 11.2. The lowest BCUT2D eigenvalue weighted by molar-refractivity contribution is -0.137. The summed E-state index contributed by atoms with van der Waals surface area (Å²) in [5, 5.41) is 39.2. The van der Waals surface area contributed by atoms with E-state index < -0.39 is 17.9 Å². The van der Waals surface area contributed by atoms with Crippen molar-refractivity contribution in [3.05, 3.63) is 126 Å². The fourth-order valence-corrected chi connectivity index (χ4v) is 15.1. The van der Waals surface area contributed by atoms with E-state index in [1.54, 1.807) is 21.4 Å². The molecule has 2 aromatic carbocycles. The molecular formula is C74H106N12O11S4. The summed E-state index contributed by atoms with van der Waals surface area (Å²) < 4.78 is 13.6. The molecule has 0 saturated heterocycles. The number of carbonyl (C=O) groups excluding carboxylic acids is 5. The topological polar surface area (TPSA) is 295 Å². The molecule has 27 heteroatoms. The van der Waals surface area contributed by atoms with Gasteiger partial charge in [0.25, 0.3) is 0 Å². The number of fused-ring (bicyclic) bond motifs is 2. The summed E-state index contributed by atoms with van der Waals surface area (Å²) in [5.74, 6) is 4.29. The number of benzene rings is 2. The van der Waals surface area contributed by atoms with E-state index in [0.717, 1.165) is 101 Å². The Kier molecular flexibility index (Phi) is 41.7. The van der Waals surface area contributed by atoms with E-state index in [1.165, 1.54) is 56.4 Å². The van der Waals surface area contributed by atoms with Crippen molar-refractivity contribution >= 4 is 87.7 Å². The highest BCUT2D eigenvalue weighted by molar-refractivity contribution is 7.99. The Labute approximate surface area is 613 Å². The molecule has 0 fully saturated rings. The van der Waals surface area contributed by atoms with Gasteiger partial charge in [-0.3, -0.25) is 43.4 Å². The van der Waals surface area contributed by atoms with Gasteiger partial charge in [-0.2, -0.15) is 23.5 Å². The quantitative estimate of drug-likeness (QED) is 0.00535. The standard InChI is InChI=1S/C37H54N6O5S2.C21H26N4O2S.C16H26N2O4S/c1-3-18-41(19-15-32-10-7-24-50-32)31-13-14-33-29(27-31)8-5-11-34(33)48-23-21-43-28-30(39-40-43)9-6-12-35(44)38-17-20-42(36(45)4-2)22-26-49-25-16-37(46)47;1-2-11-25(12-10-18-6-4-13-28-18)17-9-8-16-5-3-7-20(19(16)14-17)27-21(26)15-23-24-22;1-3-5-6-7-14(19)17-9-10-18(15(20)4-2)11-13-23-12-8-16(21)22/h5,7-8,10-11,24,28,31H,3-4,6,9,12-23,25-27H2,1-2H3,(H,38,44)(H,46,47);3-7,13,17H,2,8-12,14-15H2,1H3;1H,4-13H2,2H3,(H,17,19)(H,21,22). The minimum atomic E-state index is -0.818. The summed E-state index contributed by atoms with van der Waals surface area (Å²) in [6, 6.07) is 22.1. The van der Waals surface area contributed by atoms with Gasteiger partial charge in [-0.15, -0.1) is 40.1 Å². The van der Waals surface area contributed by atoms with E-state index >= 15 is 0 Å². The number of aliphatic carboxylic acids is 2. The molecule has 552 valence electrons. The van der Waals surface area contributed by atoms with Gasteiger partial charge in [0.1, 0.15) is 24.7 Å². The van der Waals surface area contributed by atoms with Gasteiger partial charge in [-0.25, -0.2) is 4.68 Å². The van der Waals surface area contributed by atoms with Crippen molar-refractivity contribution in [3.63, 3.8) is 0 Å². The lowest BCUT2D eigenvalue weighted by atomic mass is 9.86. The average molecular weight is 1470 g/mol. The summed E-state index contributed by atoms with van der Waals surface area (Å²) in [5.41, 5.74) is 14.3. The van der Waals surface area contributed by atoms with Crippen molar-refractivity contribution in [1.82, 2.24) is 45.2 Å². The number of unbranched alkanes of at least 4 members (excludes halogenated alkanes) is 1. The molecule has 4 N–H and O–H groups in total. The van der Waals surface area contributed by atoms with Crippen molar-refractivity contribution in [2.24, 2.45) is 5.11 Å². The zero-order valence-corrected chi connectivity index (χ0v) is 62.8. The molecule has 7 rings (SSSR count). The molecular weight excluding hydrogens is 1360 g/mol. The van der Waals surface area contributed by atoms with Crippen LogP contribution in [0.25, 0.3) is 10.4 Å². The number of aryl methyl sites for hydroxylation is 2. The van der Waals surface area contributed by atoms with Gasteiger partial charge in [0, 0.05) is 140 Å². The smallest absolute Gasteiger partial charge is 0.317 e. The van der Waals surface area contributed by atoms with Crippen LogP contribution >= 0.6 is 46.2 Å². The molecule has 0 radical (unpaired) electrons. The first kappa shape index (κ1) is 84.2. The number of carboxylic acid groups (broad SMARTS) is 2. The number of thiophene rings is 2. The van der Waals surface area contributed by atoms with E-state index in [4.69, 9.17) is 31.6 Å². The Hall–Kier alpha value is -7.44. The molecule has 3 aromatic heterocycles. The second-order valence-electron chi connectivity index (χ2n) is 24.6. The first-order valence-corrected chi connectivity index (χ1v) is 39.7. The number of rotatable bonds is 46. The fraction of sp³-hybridized carbons (Fsp3) is 0.581. The molecule has 2 aliphatic carbocycles. The van der Waals surface area contributed by atoms with Gasteiger partial charge >= 0.3 is 17.9 Å². The summed E-state index contributed by atoms with van der Waals surface area (Å²) in [6.45, 7) is 16.1. The number of hydrogen-bond acceptors (Lipinski definition) is 18. The third-order valence-corrected chi connectivity index (χ3v) is 21.0. The summed E-state index contributed by atoms with van der Waals surface area (Å²) in [6.07, 6.45) is 22.1. The van der Waals surface area contributed by atoms with E-state index in [9.17, 15) is 33.6 Å². The molecule has 2 atom stereocenters. The highest BCUT2D eigenvalue weighted by atomic mass is 32.2. The molecule has 2 unspecified atom stereocenters. The number of azide groups is 1. The fourth-order valence-electron chi connectivity index (χ4n) is 12.0.